The number of halogens is 1. The van der Waals surface area contributed by atoms with Gasteiger partial charge in [0.1, 0.15) is 6.61 Å². The van der Waals surface area contributed by atoms with E-state index >= 15 is 0 Å². The monoisotopic (exact) mass is 553 g/mol. The second-order valence-electron chi connectivity index (χ2n) is 9.96. The number of fused-ring (bicyclic) bond motifs is 1. The van der Waals surface area contributed by atoms with Crippen molar-refractivity contribution in [3.05, 3.63) is 74.0 Å². The Morgan fingerprint density at radius 3 is 2.64 bits per heavy atom. The molecule has 2 amide bonds. The minimum atomic E-state index is -0.533. The zero-order valence-corrected chi connectivity index (χ0v) is 22.4. The predicted octanol–water partition coefficient (Wildman–Crippen LogP) is 3.16. The number of aromatic amines is 1. The van der Waals surface area contributed by atoms with Gasteiger partial charge in [0.15, 0.2) is 5.69 Å². The Morgan fingerprint density at radius 1 is 1.10 bits per heavy atom. The van der Waals surface area contributed by atoms with Crippen molar-refractivity contribution < 1.29 is 19.1 Å². The highest BCUT2D eigenvalue weighted by Gasteiger charge is 2.22. The minimum Gasteiger partial charge on any atom is -0.447 e. The van der Waals surface area contributed by atoms with E-state index in [2.05, 4.69) is 31.8 Å². The standard InChI is InChI=1S/C28H32ClN5O5/c29-21-7-5-18(6-8-21)15-30-27(36)25-26(35)23-14-19(16-34-9-11-38-12-10-34)13-20(24(23)32-33-25)3-1-2-4-22-17-39-28(37)31-22/h5-8,13-14,22H,1-4,9-12,15-17H2,(H,30,36)(H,31,37)(H,32,35). The molecule has 2 saturated heterocycles. The first kappa shape index (κ1) is 27.1. The first-order valence-electron chi connectivity index (χ1n) is 13.3. The van der Waals surface area contributed by atoms with E-state index in [0.29, 0.717) is 42.3 Å². The van der Waals surface area contributed by atoms with E-state index in [0.717, 1.165) is 55.5 Å². The number of carbonyl (C=O) groups is 2. The van der Waals surface area contributed by atoms with Crippen LogP contribution in [0.3, 0.4) is 0 Å². The lowest BCUT2D eigenvalue weighted by atomic mass is 9.98. The molecule has 3 aromatic rings. The fourth-order valence-corrected chi connectivity index (χ4v) is 5.11. The van der Waals surface area contributed by atoms with E-state index < -0.39 is 11.3 Å². The molecule has 0 aliphatic carbocycles. The summed E-state index contributed by atoms with van der Waals surface area (Å²) in [4.78, 5) is 40.0. The number of H-pyrrole nitrogens is 1. The van der Waals surface area contributed by atoms with Crippen LogP contribution in [0.25, 0.3) is 10.9 Å². The Morgan fingerprint density at radius 2 is 1.90 bits per heavy atom. The molecule has 39 heavy (non-hydrogen) atoms. The van der Waals surface area contributed by atoms with Crippen LogP contribution in [0.1, 0.15) is 46.4 Å². The largest absolute Gasteiger partial charge is 0.447 e. The predicted molar refractivity (Wildman–Crippen MR) is 147 cm³/mol. The van der Waals surface area contributed by atoms with Crippen molar-refractivity contribution in [1.82, 2.24) is 25.7 Å². The maximum Gasteiger partial charge on any atom is 0.407 e. The summed E-state index contributed by atoms with van der Waals surface area (Å²) in [6.45, 7) is 4.37. The Labute approximate surface area is 231 Å². The SMILES string of the molecule is O=C1NC(CCCCc2cc(CN3CCOCC3)cc3c(=O)c(C(=O)NCc4ccc(Cl)cc4)n[nH]c23)CO1. The number of hydrogen-bond acceptors (Lipinski definition) is 7. The van der Waals surface area contributed by atoms with Crippen molar-refractivity contribution in [2.24, 2.45) is 0 Å². The summed E-state index contributed by atoms with van der Waals surface area (Å²) in [5, 5.41) is 13.8. The summed E-state index contributed by atoms with van der Waals surface area (Å²) < 4.78 is 10.4. The first-order valence-corrected chi connectivity index (χ1v) is 13.6. The van der Waals surface area contributed by atoms with Gasteiger partial charge in [0.2, 0.25) is 5.43 Å². The summed E-state index contributed by atoms with van der Waals surface area (Å²) in [7, 11) is 0. The molecule has 2 aliphatic heterocycles. The van der Waals surface area contributed by atoms with Crippen molar-refractivity contribution >= 4 is 34.5 Å². The van der Waals surface area contributed by atoms with E-state index in [1.165, 1.54) is 0 Å². The van der Waals surface area contributed by atoms with Crippen molar-refractivity contribution in [3.8, 4) is 0 Å². The van der Waals surface area contributed by atoms with Crippen molar-refractivity contribution in [2.75, 3.05) is 32.9 Å². The number of rotatable bonds is 10. The molecule has 2 aromatic carbocycles. The van der Waals surface area contributed by atoms with Gasteiger partial charge in [0.25, 0.3) is 5.91 Å². The van der Waals surface area contributed by atoms with Gasteiger partial charge >= 0.3 is 6.09 Å². The first-order chi connectivity index (χ1) is 19.0. The van der Waals surface area contributed by atoms with Crippen LogP contribution < -0.4 is 16.1 Å². The Bertz CT molecular complexity index is 1390. The third kappa shape index (κ3) is 6.95. The number of morpholine rings is 1. The molecule has 3 N–H and O–H groups in total. The van der Waals surface area contributed by atoms with Gasteiger partial charge < -0.3 is 20.1 Å². The van der Waals surface area contributed by atoms with Crippen LogP contribution in [-0.2, 0) is 29.0 Å². The van der Waals surface area contributed by atoms with Crippen LogP contribution in [0.2, 0.25) is 5.02 Å². The summed E-state index contributed by atoms with van der Waals surface area (Å²) in [6, 6.07) is 11.2. The molecule has 0 bridgehead atoms. The second-order valence-corrected chi connectivity index (χ2v) is 10.4. The van der Waals surface area contributed by atoms with E-state index in [1.807, 2.05) is 18.2 Å². The van der Waals surface area contributed by atoms with Gasteiger partial charge in [-0.25, -0.2) is 4.79 Å². The molecule has 2 aliphatic rings. The van der Waals surface area contributed by atoms with Gasteiger partial charge in [-0.2, -0.15) is 5.10 Å². The van der Waals surface area contributed by atoms with Gasteiger partial charge in [-0.15, -0.1) is 0 Å². The van der Waals surface area contributed by atoms with Crippen LogP contribution in [0.15, 0.2) is 41.2 Å². The Kier molecular flexibility index (Phi) is 8.75. The van der Waals surface area contributed by atoms with Crippen LogP contribution in [-0.4, -0.2) is 66.0 Å². The normalized spacial score (nSPS) is 17.7. The van der Waals surface area contributed by atoms with Gasteiger partial charge in [-0.3, -0.25) is 19.6 Å². The van der Waals surface area contributed by atoms with E-state index in [1.54, 1.807) is 12.1 Å². The molecular formula is C28H32ClN5O5. The van der Waals surface area contributed by atoms with Crippen LogP contribution in [0.5, 0.6) is 0 Å². The second kappa shape index (κ2) is 12.6. The van der Waals surface area contributed by atoms with Crippen molar-refractivity contribution in [1.29, 1.82) is 0 Å². The van der Waals surface area contributed by atoms with Gasteiger partial charge in [0.05, 0.1) is 30.2 Å². The maximum absolute atomic E-state index is 13.5. The lowest BCUT2D eigenvalue weighted by Crippen LogP contribution is -2.35. The fourth-order valence-electron chi connectivity index (χ4n) is 4.99. The summed E-state index contributed by atoms with van der Waals surface area (Å²) in [6.07, 6.45) is 2.96. The van der Waals surface area contributed by atoms with Crippen molar-refractivity contribution in [2.45, 2.75) is 44.8 Å². The molecule has 1 atom stereocenters. The lowest BCUT2D eigenvalue weighted by Gasteiger charge is -2.27. The number of amides is 2. The zero-order chi connectivity index (χ0) is 27.2. The highest BCUT2D eigenvalue weighted by Crippen LogP contribution is 2.21. The van der Waals surface area contributed by atoms with Crippen LogP contribution in [0, 0.1) is 0 Å². The number of unbranched alkanes of at least 4 members (excludes halogenated alkanes) is 1. The van der Waals surface area contributed by atoms with E-state index in [-0.39, 0.29) is 24.4 Å². The zero-order valence-electron chi connectivity index (χ0n) is 21.6. The maximum atomic E-state index is 13.5. The number of aryl methyl sites for hydroxylation is 1. The quantitative estimate of drug-likeness (QED) is 0.329. The Hall–Kier alpha value is -3.47. The molecule has 0 spiro atoms. The number of aromatic nitrogens is 2. The summed E-state index contributed by atoms with van der Waals surface area (Å²) >= 11 is 5.94. The van der Waals surface area contributed by atoms with Crippen molar-refractivity contribution in [3.63, 3.8) is 0 Å². The third-order valence-corrected chi connectivity index (χ3v) is 7.35. The average Bonchev–Trinajstić information content (AvgIpc) is 3.36. The highest BCUT2D eigenvalue weighted by molar-refractivity contribution is 6.30. The van der Waals surface area contributed by atoms with E-state index in [9.17, 15) is 14.4 Å². The lowest BCUT2D eigenvalue weighted by molar-refractivity contribution is 0.0342. The van der Waals surface area contributed by atoms with Gasteiger partial charge in [-0.05, 0) is 54.2 Å². The molecule has 1 unspecified atom stereocenters. The molecule has 206 valence electrons. The van der Waals surface area contributed by atoms with Crippen LogP contribution in [0.4, 0.5) is 4.79 Å². The number of ether oxygens (including phenoxy) is 2. The molecule has 3 heterocycles. The topological polar surface area (TPSA) is 126 Å². The molecule has 5 rings (SSSR count). The molecule has 0 saturated carbocycles. The molecule has 10 nitrogen and oxygen atoms in total. The van der Waals surface area contributed by atoms with Gasteiger partial charge in [0, 0.05) is 31.2 Å². The van der Waals surface area contributed by atoms with Crippen LogP contribution >= 0.6 is 11.6 Å². The molecule has 11 heteroatoms. The molecule has 2 fully saturated rings. The minimum absolute atomic E-state index is 0.0392. The number of carbonyl (C=O) groups excluding carboxylic acids is 2. The molecule has 0 radical (unpaired) electrons. The fraction of sp³-hybridized carbons (Fsp3) is 0.429. The third-order valence-electron chi connectivity index (χ3n) is 7.10. The average molecular weight is 554 g/mol. The number of cyclic esters (lactones) is 1. The highest BCUT2D eigenvalue weighted by atomic mass is 35.5. The Balaban J connectivity index is 1.35. The summed E-state index contributed by atoms with van der Waals surface area (Å²) in [5.41, 5.74) is 2.96. The smallest absolute Gasteiger partial charge is 0.407 e. The summed E-state index contributed by atoms with van der Waals surface area (Å²) in [5.74, 6) is -0.533. The number of nitrogens with zero attached hydrogens (tertiary/aromatic N) is 2. The number of alkyl carbamates (subject to hydrolysis) is 1. The number of hydrogen-bond donors (Lipinski definition) is 3. The molecule has 1 aromatic heterocycles. The number of nitrogens with one attached hydrogen (secondary N) is 3. The van der Waals surface area contributed by atoms with Gasteiger partial charge in [-0.1, -0.05) is 36.2 Å². The molecular weight excluding hydrogens is 522 g/mol. The number of benzene rings is 2. The van der Waals surface area contributed by atoms with E-state index in [4.69, 9.17) is 21.1 Å².